The van der Waals surface area contributed by atoms with Crippen LogP contribution in [0.25, 0.3) is 0 Å². The molecule has 112 valence electrons. The van der Waals surface area contributed by atoms with Crippen molar-refractivity contribution in [3.05, 3.63) is 0 Å². The second-order valence-corrected chi connectivity index (χ2v) is 11.0. The van der Waals surface area contributed by atoms with Crippen molar-refractivity contribution in [2.45, 2.75) is 69.1 Å². The molecule has 3 heteroatoms. The molecule has 1 nitrogen and oxygen atoms in total. The SMILES string of the molecule is CC(C)(C)C1CCSC(C)(C2CCC(CO)CC2)S1. The Bertz CT molecular complexity index is 292. The van der Waals surface area contributed by atoms with Crippen LogP contribution in [-0.2, 0) is 0 Å². The van der Waals surface area contributed by atoms with Crippen LogP contribution < -0.4 is 0 Å². The van der Waals surface area contributed by atoms with Gasteiger partial charge in [-0.2, -0.15) is 0 Å². The van der Waals surface area contributed by atoms with Crippen molar-refractivity contribution in [3.63, 3.8) is 0 Å². The van der Waals surface area contributed by atoms with Crippen molar-refractivity contribution in [2.75, 3.05) is 12.4 Å². The van der Waals surface area contributed by atoms with Crippen LogP contribution in [0.2, 0.25) is 0 Å². The lowest BCUT2D eigenvalue weighted by Gasteiger charge is -2.48. The Morgan fingerprint density at radius 3 is 2.26 bits per heavy atom. The number of hydrogen-bond acceptors (Lipinski definition) is 3. The highest BCUT2D eigenvalue weighted by Gasteiger charge is 2.44. The number of thioether (sulfide) groups is 2. The van der Waals surface area contributed by atoms with Crippen molar-refractivity contribution < 1.29 is 5.11 Å². The van der Waals surface area contributed by atoms with Crippen LogP contribution in [0.3, 0.4) is 0 Å². The van der Waals surface area contributed by atoms with E-state index in [1.165, 1.54) is 37.9 Å². The lowest BCUT2D eigenvalue weighted by molar-refractivity contribution is 0.164. The summed E-state index contributed by atoms with van der Waals surface area (Å²) in [5.74, 6) is 2.75. The number of rotatable bonds is 2. The van der Waals surface area contributed by atoms with Crippen LogP contribution in [0.15, 0.2) is 0 Å². The van der Waals surface area contributed by atoms with E-state index in [9.17, 15) is 5.11 Å². The summed E-state index contributed by atoms with van der Waals surface area (Å²) in [6.45, 7) is 10.1. The van der Waals surface area contributed by atoms with Gasteiger partial charge < -0.3 is 5.11 Å². The van der Waals surface area contributed by atoms with Crippen LogP contribution in [0.1, 0.15) is 59.8 Å². The predicted molar refractivity (Wildman–Crippen MR) is 88.8 cm³/mol. The molecule has 1 saturated carbocycles. The summed E-state index contributed by atoms with van der Waals surface area (Å²) < 4.78 is 0.413. The minimum absolute atomic E-state index is 0.397. The fourth-order valence-corrected chi connectivity index (χ4v) is 7.27. The average Bonchev–Trinajstić information content (AvgIpc) is 2.38. The quantitative estimate of drug-likeness (QED) is 0.792. The third-order valence-electron chi connectivity index (χ3n) is 4.96. The summed E-state index contributed by atoms with van der Waals surface area (Å²) in [4.78, 5) is 0. The molecule has 2 rings (SSSR count). The molecule has 0 spiro atoms. The monoisotopic (exact) mass is 302 g/mol. The van der Waals surface area contributed by atoms with Gasteiger partial charge in [-0.15, -0.1) is 23.5 Å². The van der Waals surface area contributed by atoms with Crippen LogP contribution in [-0.4, -0.2) is 26.8 Å². The normalized spacial score (nSPS) is 41.2. The van der Waals surface area contributed by atoms with Gasteiger partial charge in [-0.3, -0.25) is 0 Å². The minimum Gasteiger partial charge on any atom is -0.396 e. The van der Waals surface area contributed by atoms with Crippen LogP contribution in [0.4, 0.5) is 0 Å². The van der Waals surface area contributed by atoms with Gasteiger partial charge in [0.15, 0.2) is 0 Å². The smallest absolute Gasteiger partial charge is 0.0614 e. The Balaban J connectivity index is 1.98. The zero-order chi connectivity index (χ0) is 14.1. The van der Waals surface area contributed by atoms with E-state index in [1.807, 2.05) is 0 Å². The van der Waals surface area contributed by atoms with E-state index in [0.29, 0.717) is 22.0 Å². The molecule has 0 amide bonds. The number of hydrogen-bond donors (Lipinski definition) is 1. The highest BCUT2D eigenvalue weighted by molar-refractivity contribution is 8.19. The van der Waals surface area contributed by atoms with E-state index in [4.69, 9.17) is 0 Å². The molecule has 0 aromatic rings. The maximum absolute atomic E-state index is 9.29. The number of aliphatic hydroxyl groups is 1. The van der Waals surface area contributed by atoms with Gasteiger partial charge in [0.05, 0.1) is 4.08 Å². The molecule has 2 fully saturated rings. The lowest BCUT2D eigenvalue weighted by atomic mass is 9.81. The molecule has 1 saturated heterocycles. The predicted octanol–water partition coefficient (Wildman–Crippen LogP) is 4.79. The molecule has 1 heterocycles. The van der Waals surface area contributed by atoms with Crippen molar-refractivity contribution in [2.24, 2.45) is 17.3 Å². The van der Waals surface area contributed by atoms with Crippen LogP contribution >= 0.6 is 23.5 Å². The molecule has 1 N–H and O–H groups in total. The molecular weight excluding hydrogens is 272 g/mol. The molecular formula is C16H30OS2. The zero-order valence-electron chi connectivity index (χ0n) is 12.9. The first-order chi connectivity index (χ1) is 8.85. The Morgan fingerprint density at radius 1 is 1.11 bits per heavy atom. The Labute approximate surface area is 127 Å². The molecule has 0 aromatic carbocycles. The Hall–Kier alpha value is 0.660. The molecule has 1 aliphatic heterocycles. The molecule has 2 unspecified atom stereocenters. The van der Waals surface area contributed by atoms with Crippen molar-refractivity contribution in [3.8, 4) is 0 Å². The maximum Gasteiger partial charge on any atom is 0.0614 e. The summed E-state index contributed by atoms with van der Waals surface area (Å²) in [6, 6.07) is 0. The van der Waals surface area contributed by atoms with E-state index >= 15 is 0 Å². The van der Waals surface area contributed by atoms with E-state index < -0.39 is 0 Å². The van der Waals surface area contributed by atoms with Crippen molar-refractivity contribution in [1.29, 1.82) is 0 Å². The van der Waals surface area contributed by atoms with Gasteiger partial charge in [-0.25, -0.2) is 0 Å². The molecule has 19 heavy (non-hydrogen) atoms. The van der Waals surface area contributed by atoms with Crippen molar-refractivity contribution in [1.82, 2.24) is 0 Å². The molecule has 0 radical (unpaired) electrons. The summed E-state index contributed by atoms with van der Waals surface area (Å²) in [7, 11) is 0. The van der Waals surface area contributed by atoms with E-state index in [-0.39, 0.29) is 0 Å². The van der Waals surface area contributed by atoms with Gasteiger partial charge in [0.2, 0.25) is 0 Å². The topological polar surface area (TPSA) is 20.2 Å². The summed E-state index contributed by atoms with van der Waals surface area (Å²) in [6.07, 6.45) is 6.47. The zero-order valence-corrected chi connectivity index (χ0v) is 14.6. The first kappa shape index (κ1) is 16.0. The van der Waals surface area contributed by atoms with Gasteiger partial charge in [0.25, 0.3) is 0 Å². The van der Waals surface area contributed by atoms with E-state index in [0.717, 1.165) is 11.2 Å². The molecule has 2 atom stereocenters. The number of aliphatic hydroxyl groups excluding tert-OH is 1. The first-order valence-electron chi connectivity index (χ1n) is 7.78. The third-order valence-corrected chi connectivity index (χ3v) is 8.97. The molecule has 1 aliphatic carbocycles. The van der Waals surface area contributed by atoms with Gasteiger partial charge in [0.1, 0.15) is 0 Å². The highest BCUT2D eigenvalue weighted by atomic mass is 32.2. The fourth-order valence-electron chi connectivity index (χ4n) is 3.44. The highest BCUT2D eigenvalue weighted by Crippen LogP contribution is 2.57. The molecule has 0 bridgehead atoms. The first-order valence-corrected chi connectivity index (χ1v) is 9.64. The standard InChI is InChI=1S/C16H30OS2/c1-15(2,3)14-9-10-18-16(4,19-14)13-7-5-12(11-17)6-8-13/h12-14,17H,5-11H2,1-4H3. The average molecular weight is 303 g/mol. The second kappa shape index (κ2) is 6.19. The van der Waals surface area contributed by atoms with E-state index in [2.05, 4.69) is 51.2 Å². The fraction of sp³-hybridized carbons (Fsp3) is 1.00. The minimum atomic E-state index is 0.397. The largest absolute Gasteiger partial charge is 0.396 e. The van der Waals surface area contributed by atoms with Gasteiger partial charge >= 0.3 is 0 Å². The summed E-state index contributed by atoms with van der Waals surface area (Å²) >= 11 is 4.46. The Kier molecular flexibility index (Phi) is 5.23. The van der Waals surface area contributed by atoms with Gasteiger partial charge in [0, 0.05) is 11.9 Å². The molecule has 0 aromatic heterocycles. The molecule has 2 aliphatic rings. The second-order valence-electron chi connectivity index (χ2n) is 7.53. The van der Waals surface area contributed by atoms with Gasteiger partial charge in [-0.1, -0.05) is 20.8 Å². The van der Waals surface area contributed by atoms with E-state index in [1.54, 1.807) is 0 Å². The summed E-state index contributed by atoms with van der Waals surface area (Å²) in [5.41, 5.74) is 0.426. The maximum atomic E-state index is 9.29. The Morgan fingerprint density at radius 2 is 1.74 bits per heavy atom. The lowest BCUT2D eigenvalue weighted by Crippen LogP contribution is -2.40. The summed E-state index contributed by atoms with van der Waals surface area (Å²) in [5, 5.41) is 10.1. The third kappa shape index (κ3) is 3.85. The van der Waals surface area contributed by atoms with Crippen LogP contribution in [0.5, 0.6) is 0 Å². The van der Waals surface area contributed by atoms with Crippen LogP contribution in [0, 0.1) is 17.3 Å². The van der Waals surface area contributed by atoms with Gasteiger partial charge in [-0.05, 0) is 62.0 Å². The van der Waals surface area contributed by atoms with Crippen molar-refractivity contribution >= 4 is 23.5 Å².